The van der Waals surface area contributed by atoms with Crippen LogP contribution < -0.4 is 10.0 Å². The van der Waals surface area contributed by atoms with Gasteiger partial charge in [-0.3, -0.25) is 4.79 Å². The molecule has 1 aliphatic rings. The molecule has 0 aromatic carbocycles. The highest BCUT2D eigenvalue weighted by atomic mass is 35.5. The number of nitrogens with zero attached hydrogens (tertiary/aromatic N) is 1. The molecule has 1 heterocycles. The van der Waals surface area contributed by atoms with Crippen molar-refractivity contribution < 1.29 is 13.2 Å². The lowest BCUT2D eigenvalue weighted by molar-refractivity contribution is -0.127. The predicted octanol–water partition coefficient (Wildman–Crippen LogP) is 0.194. The predicted molar refractivity (Wildman–Crippen MR) is 82.5 cm³/mol. The number of piperidine rings is 1. The van der Waals surface area contributed by atoms with Crippen LogP contribution in [0.4, 0.5) is 0 Å². The van der Waals surface area contributed by atoms with E-state index in [0.29, 0.717) is 6.54 Å². The van der Waals surface area contributed by atoms with Crippen molar-refractivity contribution in [1.82, 2.24) is 14.9 Å². The zero-order valence-electron chi connectivity index (χ0n) is 12.6. The Morgan fingerprint density at radius 1 is 1.35 bits per heavy atom. The lowest BCUT2D eigenvalue weighted by Crippen LogP contribution is -2.47. The number of sulfonamides is 1. The molecule has 1 saturated heterocycles. The number of rotatable bonds is 5. The van der Waals surface area contributed by atoms with Gasteiger partial charge in [-0.2, -0.15) is 0 Å². The van der Waals surface area contributed by atoms with Crippen LogP contribution in [0.5, 0.6) is 0 Å². The van der Waals surface area contributed by atoms with E-state index in [0.717, 1.165) is 25.9 Å². The molecule has 2 N–H and O–H groups in total. The van der Waals surface area contributed by atoms with Gasteiger partial charge in [0.05, 0.1) is 0 Å². The van der Waals surface area contributed by atoms with Crippen LogP contribution in [0, 0.1) is 5.41 Å². The molecule has 1 amide bonds. The van der Waals surface area contributed by atoms with Gasteiger partial charge in [0.1, 0.15) is 0 Å². The van der Waals surface area contributed by atoms with E-state index in [1.165, 1.54) is 11.8 Å². The van der Waals surface area contributed by atoms with E-state index >= 15 is 0 Å². The number of halogens is 1. The molecule has 6 nitrogen and oxygen atoms in total. The SMILES string of the molecule is CC(C(=O)N(C)C)S(=O)(=O)NCC1(C)CCNCC1.Cl. The molecular formula is C12H26ClN3O3S. The largest absolute Gasteiger partial charge is 0.348 e. The Morgan fingerprint density at radius 2 is 1.85 bits per heavy atom. The highest BCUT2D eigenvalue weighted by Gasteiger charge is 2.33. The van der Waals surface area contributed by atoms with E-state index in [4.69, 9.17) is 0 Å². The molecule has 0 aliphatic carbocycles. The highest BCUT2D eigenvalue weighted by Crippen LogP contribution is 2.27. The van der Waals surface area contributed by atoms with Crippen molar-refractivity contribution >= 4 is 28.3 Å². The van der Waals surface area contributed by atoms with Gasteiger partial charge in [-0.15, -0.1) is 12.4 Å². The first-order valence-electron chi connectivity index (χ1n) is 6.58. The average Bonchev–Trinajstić information content (AvgIpc) is 2.35. The molecule has 1 atom stereocenters. The van der Waals surface area contributed by atoms with E-state index in [9.17, 15) is 13.2 Å². The van der Waals surface area contributed by atoms with E-state index in [1.807, 2.05) is 0 Å². The summed E-state index contributed by atoms with van der Waals surface area (Å²) < 4.78 is 26.8. The fourth-order valence-corrected chi connectivity index (χ4v) is 3.38. The monoisotopic (exact) mass is 327 g/mol. The van der Waals surface area contributed by atoms with Crippen LogP contribution in [0.1, 0.15) is 26.7 Å². The van der Waals surface area contributed by atoms with Crippen LogP contribution in [-0.2, 0) is 14.8 Å². The standard InChI is InChI=1S/C12H25N3O3S.ClH/c1-10(11(16)15(3)4)19(17,18)14-9-12(2)5-7-13-8-6-12;/h10,13-14H,5-9H2,1-4H3;1H. The van der Waals surface area contributed by atoms with Gasteiger partial charge in [0.15, 0.2) is 5.25 Å². The lowest BCUT2D eigenvalue weighted by atomic mass is 9.81. The molecule has 1 aliphatic heterocycles. The van der Waals surface area contributed by atoms with Crippen LogP contribution in [0.2, 0.25) is 0 Å². The van der Waals surface area contributed by atoms with Gasteiger partial charge in [0.2, 0.25) is 15.9 Å². The molecule has 8 heteroatoms. The van der Waals surface area contributed by atoms with Gasteiger partial charge in [-0.25, -0.2) is 13.1 Å². The van der Waals surface area contributed by atoms with Gasteiger partial charge in [-0.1, -0.05) is 6.92 Å². The van der Waals surface area contributed by atoms with Crippen molar-refractivity contribution in [2.24, 2.45) is 5.41 Å². The van der Waals surface area contributed by atoms with Gasteiger partial charge < -0.3 is 10.2 Å². The summed E-state index contributed by atoms with van der Waals surface area (Å²) in [7, 11) is -0.488. The zero-order chi connectivity index (χ0) is 14.7. The van der Waals surface area contributed by atoms with Crippen molar-refractivity contribution in [2.75, 3.05) is 33.7 Å². The molecule has 120 valence electrons. The second-order valence-corrected chi connectivity index (χ2v) is 7.89. The molecule has 0 aromatic rings. The molecule has 0 spiro atoms. The smallest absolute Gasteiger partial charge is 0.241 e. The highest BCUT2D eigenvalue weighted by molar-refractivity contribution is 7.90. The minimum atomic E-state index is -3.60. The third-order valence-corrected chi connectivity index (χ3v) is 5.44. The van der Waals surface area contributed by atoms with Gasteiger partial charge in [0.25, 0.3) is 0 Å². The van der Waals surface area contributed by atoms with Crippen molar-refractivity contribution in [2.45, 2.75) is 31.9 Å². The van der Waals surface area contributed by atoms with E-state index in [2.05, 4.69) is 17.0 Å². The van der Waals surface area contributed by atoms with Crippen LogP contribution in [-0.4, -0.2) is 58.2 Å². The van der Waals surface area contributed by atoms with E-state index in [1.54, 1.807) is 14.1 Å². The number of hydrogen-bond donors (Lipinski definition) is 2. The maximum absolute atomic E-state index is 12.1. The Labute approximate surface area is 128 Å². The van der Waals surface area contributed by atoms with Crippen molar-refractivity contribution in [3.8, 4) is 0 Å². The quantitative estimate of drug-likeness (QED) is 0.756. The first-order chi connectivity index (χ1) is 8.68. The van der Waals surface area contributed by atoms with Crippen molar-refractivity contribution in [1.29, 1.82) is 0 Å². The van der Waals surface area contributed by atoms with Gasteiger partial charge >= 0.3 is 0 Å². The topological polar surface area (TPSA) is 78.5 Å². The maximum atomic E-state index is 12.1. The summed E-state index contributed by atoms with van der Waals surface area (Å²) in [5.41, 5.74) is -0.0286. The summed E-state index contributed by atoms with van der Waals surface area (Å²) in [5.74, 6) is -0.400. The Morgan fingerprint density at radius 3 is 2.30 bits per heavy atom. The molecular weight excluding hydrogens is 302 g/mol. The Balaban J connectivity index is 0.00000361. The first-order valence-corrected chi connectivity index (χ1v) is 8.13. The number of hydrogen-bond acceptors (Lipinski definition) is 4. The molecule has 0 bridgehead atoms. The molecule has 1 unspecified atom stereocenters. The van der Waals surface area contributed by atoms with Crippen molar-refractivity contribution in [3.05, 3.63) is 0 Å². The Hall–Kier alpha value is -0.370. The summed E-state index contributed by atoms with van der Waals surface area (Å²) in [5, 5.41) is 2.21. The zero-order valence-corrected chi connectivity index (χ0v) is 14.2. The van der Waals surface area contributed by atoms with Gasteiger partial charge in [-0.05, 0) is 38.3 Å². The first kappa shape index (κ1) is 19.6. The van der Waals surface area contributed by atoms with Crippen LogP contribution in [0.25, 0.3) is 0 Å². The summed E-state index contributed by atoms with van der Waals surface area (Å²) in [6.07, 6.45) is 1.87. The number of carbonyl (C=O) groups is 1. The number of carbonyl (C=O) groups excluding carboxylic acids is 1. The number of nitrogens with one attached hydrogen (secondary N) is 2. The second-order valence-electron chi connectivity index (χ2n) is 5.80. The Bertz CT molecular complexity index is 420. The van der Waals surface area contributed by atoms with Crippen LogP contribution in [0.15, 0.2) is 0 Å². The molecule has 1 rings (SSSR count). The molecule has 0 radical (unpaired) electrons. The summed E-state index contributed by atoms with van der Waals surface area (Å²) in [4.78, 5) is 13.0. The Kier molecular flexibility index (Phi) is 7.44. The fraction of sp³-hybridized carbons (Fsp3) is 0.917. The third kappa shape index (κ3) is 5.20. The molecule has 20 heavy (non-hydrogen) atoms. The third-order valence-electron chi connectivity index (χ3n) is 3.76. The maximum Gasteiger partial charge on any atom is 0.241 e. The minimum absolute atomic E-state index is 0. The summed E-state index contributed by atoms with van der Waals surface area (Å²) >= 11 is 0. The summed E-state index contributed by atoms with van der Waals surface area (Å²) in [6, 6.07) is 0. The molecule has 0 saturated carbocycles. The second kappa shape index (κ2) is 7.59. The van der Waals surface area contributed by atoms with Crippen molar-refractivity contribution in [3.63, 3.8) is 0 Å². The van der Waals surface area contributed by atoms with Crippen LogP contribution in [0.3, 0.4) is 0 Å². The minimum Gasteiger partial charge on any atom is -0.348 e. The van der Waals surface area contributed by atoms with E-state index < -0.39 is 21.2 Å². The fourth-order valence-electron chi connectivity index (χ4n) is 2.10. The normalized spacial score (nSPS) is 19.8. The number of amides is 1. The molecule has 1 fully saturated rings. The molecule has 0 aromatic heterocycles. The van der Waals surface area contributed by atoms with E-state index in [-0.39, 0.29) is 17.8 Å². The lowest BCUT2D eigenvalue weighted by Gasteiger charge is -2.34. The average molecular weight is 328 g/mol. The van der Waals surface area contributed by atoms with Gasteiger partial charge in [0, 0.05) is 20.6 Å². The van der Waals surface area contributed by atoms with Crippen LogP contribution >= 0.6 is 12.4 Å². The summed E-state index contributed by atoms with van der Waals surface area (Å²) in [6.45, 7) is 5.71.